The lowest BCUT2D eigenvalue weighted by Gasteiger charge is -2.20. The van der Waals surface area contributed by atoms with Crippen molar-refractivity contribution in [2.45, 2.75) is 45.8 Å². The van der Waals surface area contributed by atoms with Gasteiger partial charge in [0.25, 0.3) is 0 Å². The molecule has 0 saturated heterocycles. The van der Waals surface area contributed by atoms with Crippen LogP contribution in [-0.2, 0) is 13.1 Å². The van der Waals surface area contributed by atoms with E-state index in [-0.39, 0.29) is 0 Å². The van der Waals surface area contributed by atoms with E-state index in [4.69, 9.17) is 0 Å². The summed E-state index contributed by atoms with van der Waals surface area (Å²) in [6.07, 6.45) is 4.66. The highest BCUT2D eigenvalue weighted by molar-refractivity contribution is 5.14. The minimum atomic E-state index is 0.755. The zero-order chi connectivity index (χ0) is 13.7. The molecule has 1 N–H and O–H groups in total. The van der Waals surface area contributed by atoms with Crippen molar-refractivity contribution in [1.29, 1.82) is 0 Å². The predicted octanol–water partition coefficient (Wildman–Crippen LogP) is 2.73. The van der Waals surface area contributed by atoms with Gasteiger partial charge in [-0.15, -0.1) is 0 Å². The number of hydrogen-bond acceptors (Lipinski definition) is 3. The molecule has 19 heavy (non-hydrogen) atoms. The molecular weight excluding hydrogens is 234 g/mol. The third-order valence-corrected chi connectivity index (χ3v) is 3.38. The minimum Gasteiger partial charge on any atom is -0.310 e. The lowest BCUT2D eigenvalue weighted by Crippen LogP contribution is -2.25. The number of hydrogen-bond donors (Lipinski definition) is 1. The number of nitrogens with zero attached hydrogens (tertiary/aromatic N) is 2. The van der Waals surface area contributed by atoms with Crippen molar-refractivity contribution in [2.24, 2.45) is 0 Å². The monoisotopic (exact) mass is 259 g/mol. The van der Waals surface area contributed by atoms with Crippen LogP contribution in [0.2, 0.25) is 0 Å². The second kappa shape index (κ2) is 6.83. The zero-order valence-corrected chi connectivity index (χ0v) is 12.2. The number of nitrogens with one attached hydrogen (secondary N) is 1. The summed E-state index contributed by atoms with van der Waals surface area (Å²) in [6, 6.07) is 5.09. The molecule has 1 saturated carbocycles. The van der Waals surface area contributed by atoms with Gasteiger partial charge in [-0.2, -0.15) is 0 Å². The summed E-state index contributed by atoms with van der Waals surface area (Å²) in [5.74, 6) is 0. The first-order valence-corrected chi connectivity index (χ1v) is 7.21. The Bertz CT molecular complexity index is 407. The first kappa shape index (κ1) is 14.2. The number of aromatic nitrogens is 1. The van der Waals surface area contributed by atoms with E-state index in [0.717, 1.165) is 37.9 Å². The number of likely N-dealkylation sites (N-methyl/N-ethyl adjacent to an activating group) is 1. The molecule has 1 fully saturated rings. The molecule has 1 aromatic heterocycles. The Morgan fingerprint density at radius 3 is 2.79 bits per heavy atom. The van der Waals surface area contributed by atoms with Crippen molar-refractivity contribution in [3.8, 4) is 0 Å². The van der Waals surface area contributed by atoms with Crippen LogP contribution in [0.15, 0.2) is 30.5 Å². The Kier molecular flexibility index (Phi) is 5.11. The molecule has 1 aliphatic carbocycles. The van der Waals surface area contributed by atoms with Crippen LogP contribution in [0, 0.1) is 0 Å². The molecule has 0 atom stereocenters. The lowest BCUT2D eigenvalue weighted by molar-refractivity contribution is 0.301. The van der Waals surface area contributed by atoms with Crippen LogP contribution in [-0.4, -0.2) is 29.0 Å². The highest BCUT2D eigenvalue weighted by Crippen LogP contribution is 2.19. The largest absolute Gasteiger partial charge is 0.310 e. The van der Waals surface area contributed by atoms with E-state index < -0.39 is 0 Å². The first-order chi connectivity index (χ1) is 9.17. The molecule has 3 nitrogen and oxygen atoms in total. The van der Waals surface area contributed by atoms with Crippen LogP contribution in [0.1, 0.15) is 37.9 Å². The van der Waals surface area contributed by atoms with Gasteiger partial charge in [0.1, 0.15) is 0 Å². The van der Waals surface area contributed by atoms with Crippen LogP contribution in [0.5, 0.6) is 0 Å². The fourth-order valence-electron chi connectivity index (χ4n) is 2.09. The maximum atomic E-state index is 4.56. The molecule has 0 amide bonds. The molecule has 0 aliphatic heterocycles. The maximum Gasteiger partial charge on any atom is 0.0544 e. The topological polar surface area (TPSA) is 28.2 Å². The molecule has 1 aliphatic rings. The predicted molar refractivity (Wildman–Crippen MR) is 79.9 cm³/mol. The molecule has 0 spiro atoms. The van der Waals surface area contributed by atoms with Gasteiger partial charge in [-0.05, 0) is 37.9 Å². The summed E-state index contributed by atoms with van der Waals surface area (Å²) in [6.45, 7) is 12.0. The van der Waals surface area contributed by atoms with Crippen molar-refractivity contribution >= 4 is 0 Å². The average Bonchev–Trinajstić information content (AvgIpc) is 3.20. The quantitative estimate of drug-likeness (QED) is 0.728. The van der Waals surface area contributed by atoms with Crippen molar-refractivity contribution < 1.29 is 0 Å². The number of rotatable bonds is 8. The molecule has 3 heteroatoms. The molecular formula is C16H25N3. The van der Waals surface area contributed by atoms with Gasteiger partial charge in [-0.3, -0.25) is 9.88 Å². The van der Waals surface area contributed by atoms with E-state index in [1.807, 2.05) is 6.20 Å². The van der Waals surface area contributed by atoms with E-state index >= 15 is 0 Å². The lowest BCUT2D eigenvalue weighted by atomic mass is 10.2. The first-order valence-electron chi connectivity index (χ1n) is 7.21. The highest BCUT2D eigenvalue weighted by Gasteiger charge is 2.19. The fourth-order valence-corrected chi connectivity index (χ4v) is 2.09. The normalized spacial score (nSPS) is 14.9. The van der Waals surface area contributed by atoms with Crippen LogP contribution in [0.3, 0.4) is 0 Å². The third-order valence-electron chi connectivity index (χ3n) is 3.38. The van der Waals surface area contributed by atoms with E-state index in [2.05, 4.69) is 47.8 Å². The van der Waals surface area contributed by atoms with Crippen LogP contribution in [0.4, 0.5) is 0 Å². The SMILES string of the molecule is C=C(C)CN(CC)Cc1ccc(CNC2CC2)cn1. The van der Waals surface area contributed by atoms with Gasteiger partial charge < -0.3 is 5.32 Å². The van der Waals surface area contributed by atoms with E-state index in [9.17, 15) is 0 Å². The maximum absolute atomic E-state index is 4.56. The van der Waals surface area contributed by atoms with Crippen LogP contribution in [0.25, 0.3) is 0 Å². The van der Waals surface area contributed by atoms with Gasteiger partial charge in [0.15, 0.2) is 0 Å². The molecule has 0 radical (unpaired) electrons. The van der Waals surface area contributed by atoms with Gasteiger partial charge in [0.05, 0.1) is 5.69 Å². The molecule has 2 rings (SSSR count). The standard InChI is InChI=1S/C16H25N3/c1-4-19(11-13(2)3)12-16-6-5-14(10-18-16)9-17-15-7-8-15/h5-6,10,15,17H,2,4,7-9,11-12H2,1,3H3. The number of pyridine rings is 1. The summed E-state index contributed by atoms with van der Waals surface area (Å²) in [5, 5.41) is 3.51. The van der Waals surface area contributed by atoms with Crippen molar-refractivity contribution in [2.75, 3.05) is 13.1 Å². The fraction of sp³-hybridized carbons (Fsp3) is 0.562. The Labute approximate surface area is 116 Å². The molecule has 0 unspecified atom stereocenters. The molecule has 1 aromatic rings. The molecule has 104 valence electrons. The Morgan fingerprint density at radius 1 is 1.47 bits per heavy atom. The average molecular weight is 259 g/mol. The molecule has 0 bridgehead atoms. The van der Waals surface area contributed by atoms with E-state index in [0.29, 0.717) is 0 Å². The summed E-state index contributed by atoms with van der Waals surface area (Å²) < 4.78 is 0. The summed E-state index contributed by atoms with van der Waals surface area (Å²) in [5.41, 5.74) is 3.61. The molecule has 0 aromatic carbocycles. The molecule has 1 heterocycles. The van der Waals surface area contributed by atoms with Gasteiger partial charge in [0, 0.05) is 31.9 Å². The van der Waals surface area contributed by atoms with Crippen molar-refractivity contribution in [1.82, 2.24) is 15.2 Å². The second-order valence-electron chi connectivity index (χ2n) is 5.57. The smallest absolute Gasteiger partial charge is 0.0544 e. The third kappa shape index (κ3) is 5.13. The van der Waals surface area contributed by atoms with Crippen LogP contribution >= 0.6 is 0 Å². The Morgan fingerprint density at radius 2 is 2.26 bits per heavy atom. The van der Waals surface area contributed by atoms with Gasteiger partial charge >= 0.3 is 0 Å². The van der Waals surface area contributed by atoms with Gasteiger partial charge in [-0.25, -0.2) is 0 Å². The minimum absolute atomic E-state index is 0.755. The summed E-state index contributed by atoms with van der Waals surface area (Å²) >= 11 is 0. The van der Waals surface area contributed by atoms with Gasteiger partial charge in [0.2, 0.25) is 0 Å². The highest BCUT2D eigenvalue weighted by atomic mass is 15.1. The van der Waals surface area contributed by atoms with E-state index in [1.165, 1.54) is 24.0 Å². The summed E-state index contributed by atoms with van der Waals surface area (Å²) in [7, 11) is 0. The van der Waals surface area contributed by atoms with Crippen molar-refractivity contribution in [3.63, 3.8) is 0 Å². The van der Waals surface area contributed by atoms with E-state index in [1.54, 1.807) is 0 Å². The van der Waals surface area contributed by atoms with Crippen molar-refractivity contribution in [3.05, 3.63) is 41.7 Å². The Hall–Kier alpha value is -1.19. The Balaban J connectivity index is 1.83. The second-order valence-corrected chi connectivity index (χ2v) is 5.57. The summed E-state index contributed by atoms with van der Waals surface area (Å²) in [4.78, 5) is 6.91. The zero-order valence-electron chi connectivity index (χ0n) is 12.2. The van der Waals surface area contributed by atoms with Gasteiger partial charge in [-0.1, -0.05) is 25.1 Å². The van der Waals surface area contributed by atoms with Crippen LogP contribution < -0.4 is 5.32 Å².